The second-order valence-electron chi connectivity index (χ2n) is 6.20. The Bertz CT molecular complexity index is 782. The van der Waals surface area contributed by atoms with E-state index in [0.29, 0.717) is 16.8 Å². The van der Waals surface area contributed by atoms with Crippen molar-refractivity contribution in [2.45, 2.75) is 30.5 Å². The number of anilines is 1. The predicted molar refractivity (Wildman–Crippen MR) is 114 cm³/mol. The maximum atomic E-state index is 12.2. The Morgan fingerprint density at radius 2 is 1.77 bits per heavy atom. The number of halogens is 1. The number of aliphatic carboxylic acids is 2. The number of rotatable bonds is 13. The minimum Gasteiger partial charge on any atom is -0.480 e. The molecule has 1 aromatic carbocycles. The highest BCUT2D eigenvalue weighted by Crippen LogP contribution is 2.22. The second kappa shape index (κ2) is 13.1. The molecule has 0 heterocycles. The number of nitrogens with zero attached hydrogens (tertiary/aromatic N) is 1. The molecule has 0 saturated carbocycles. The van der Waals surface area contributed by atoms with Crippen LogP contribution in [-0.2, 0) is 19.2 Å². The molecule has 172 valence electrons. The van der Waals surface area contributed by atoms with Crippen LogP contribution in [0, 0.1) is 0 Å². The average Bonchev–Trinajstić information content (AvgIpc) is 2.72. The molecule has 0 bridgehead atoms. The summed E-state index contributed by atoms with van der Waals surface area (Å²) in [7, 11) is 0. The summed E-state index contributed by atoms with van der Waals surface area (Å²) in [4.78, 5) is 45.7. The first-order chi connectivity index (χ1) is 14.5. The quantitative estimate of drug-likeness (QED) is 0.130. The fourth-order valence-corrected chi connectivity index (χ4v) is 3.25. The summed E-state index contributed by atoms with van der Waals surface area (Å²) in [6.45, 7) is -0.687. The molecule has 0 aromatic heterocycles. The van der Waals surface area contributed by atoms with Gasteiger partial charge in [0.25, 0.3) is 0 Å². The number of hydrogen-bond donors (Lipinski definition) is 7. The fraction of sp³-hybridized carbons (Fsp3) is 0.412. The predicted octanol–water partition coefficient (Wildman–Crippen LogP) is -0.468. The third-order valence-electron chi connectivity index (χ3n) is 3.78. The van der Waals surface area contributed by atoms with Gasteiger partial charge in [0, 0.05) is 16.6 Å². The highest BCUT2D eigenvalue weighted by Gasteiger charge is 2.25. The van der Waals surface area contributed by atoms with Crippen LogP contribution < -0.4 is 21.4 Å². The Labute approximate surface area is 189 Å². The molecule has 12 nitrogen and oxygen atoms in total. The van der Waals surface area contributed by atoms with Gasteiger partial charge in [-0.2, -0.15) is 0 Å². The number of nitrogens with one attached hydrogen (secondary N) is 2. The van der Waals surface area contributed by atoms with Gasteiger partial charge in [-0.1, -0.05) is 15.9 Å². The first-order valence-corrected chi connectivity index (χ1v) is 10.7. The zero-order valence-electron chi connectivity index (χ0n) is 16.1. The largest absolute Gasteiger partial charge is 0.480 e. The number of carbonyl (C=O) groups is 4. The van der Waals surface area contributed by atoms with Crippen molar-refractivity contribution in [2.24, 2.45) is 5.73 Å². The van der Waals surface area contributed by atoms with E-state index in [-0.39, 0.29) is 24.3 Å². The number of carbonyl (C=O) groups excluding carboxylic acids is 2. The second-order valence-corrected chi connectivity index (χ2v) is 8.20. The summed E-state index contributed by atoms with van der Waals surface area (Å²) in [5.41, 5.74) is 4.09. The van der Waals surface area contributed by atoms with Crippen molar-refractivity contribution >= 4 is 57.1 Å². The van der Waals surface area contributed by atoms with Crippen LogP contribution in [0.3, 0.4) is 0 Å². The van der Waals surface area contributed by atoms with Crippen molar-refractivity contribution in [3.05, 3.63) is 28.7 Å². The molecule has 3 atom stereocenters. The fourth-order valence-electron chi connectivity index (χ4n) is 2.12. The Morgan fingerprint density at radius 3 is 2.32 bits per heavy atom. The molecule has 0 aliphatic carbocycles. The van der Waals surface area contributed by atoms with Gasteiger partial charge >= 0.3 is 11.9 Å². The van der Waals surface area contributed by atoms with E-state index >= 15 is 0 Å². The van der Waals surface area contributed by atoms with E-state index in [0.717, 1.165) is 4.47 Å². The minimum atomic E-state index is -1.51. The zero-order chi connectivity index (χ0) is 23.6. The lowest BCUT2D eigenvalue weighted by atomic mass is 10.1. The maximum Gasteiger partial charge on any atom is 0.322 e. The van der Waals surface area contributed by atoms with Gasteiger partial charge < -0.3 is 31.7 Å². The summed E-state index contributed by atoms with van der Waals surface area (Å²) in [6.07, 6.45) is -0.456. The van der Waals surface area contributed by atoms with Crippen molar-refractivity contribution in [1.29, 1.82) is 0 Å². The Hall–Kier alpha value is -2.39. The smallest absolute Gasteiger partial charge is 0.322 e. The number of hydroxylamine groups is 1. The standard InChI is InChI=1S/C17H23BrN4O8S/c18-9-1-3-10(4-2-9)22(30)17(29)31-8-12(15(26)20-7-14(24)25)21-13(23)6-5-11(19)16(27)28/h1-4,11-12,17,29-30H,5-8,19H2,(H,20,26)(H,21,23)(H,24,25)(H,27,28). The van der Waals surface area contributed by atoms with Gasteiger partial charge in [0.15, 0.2) is 5.56 Å². The van der Waals surface area contributed by atoms with Crippen molar-refractivity contribution < 1.29 is 39.7 Å². The van der Waals surface area contributed by atoms with E-state index in [1.807, 2.05) is 0 Å². The van der Waals surface area contributed by atoms with Crippen molar-refractivity contribution in [1.82, 2.24) is 10.6 Å². The third kappa shape index (κ3) is 9.97. The zero-order valence-corrected chi connectivity index (χ0v) is 18.5. The number of hydrogen-bond acceptors (Lipinski definition) is 9. The van der Waals surface area contributed by atoms with Crippen LogP contribution in [0.15, 0.2) is 28.7 Å². The van der Waals surface area contributed by atoms with E-state index in [4.69, 9.17) is 15.9 Å². The summed E-state index contributed by atoms with van der Waals surface area (Å²) >= 11 is 3.94. The Balaban J connectivity index is 2.72. The first kappa shape index (κ1) is 26.6. The maximum absolute atomic E-state index is 12.2. The molecule has 0 saturated heterocycles. The van der Waals surface area contributed by atoms with Crippen LogP contribution in [0.5, 0.6) is 0 Å². The van der Waals surface area contributed by atoms with E-state index in [1.165, 1.54) is 12.1 Å². The highest BCUT2D eigenvalue weighted by atomic mass is 79.9. The third-order valence-corrected chi connectivity index (χ3v) is 5.33. The summed E-state index contributed by atoms with van der Waals surface area (Å²) in [5, 5.41) is 42.7. The average molecular weight is 523 g/mol. The summed E-state index contributed by atoms with van der Waals surface area (Å²) in [5.74, 6) is -4.31. The number of nitrogens with two attached hydrogens (primary N) is 1. The molecule has 31 heavy (non-hydrogen) atoms. The molecule has 8 N–H and O–H groups in total. The van der Waals surface area contributed by atoms with Crippen molar-refractivity contribution in [3.8, 4) is 0 Å². The van der Waals surface area contributed by atoms with Crippen molar-refractivity contribution in [3.63, 3.8) is 0 Å². The van der Waals surface area contributed by atoms with Gasteiger partial charge in [-0.05, 0) is 30.7 Å². The number of aliphatic hydroxyl groups is 1. The molecule has 1 aromatic rings. The molecule has 0 aliphatic rings. The van der Waals surface area contributed by atoms with E-state index < -0.39 is 47.9 Å². The Morgan fingerprint density at radius 1 is 1.16 bits per heavy atom. The van der Waals surface area contributed by atoms with Gasteiger partial charge in [-0.25, -0.2) is 5.06 Å². The van der Waals surface area contributed by atoms with Gasteiger partial charge in [0.05, 0.1) is 5.69 Å². The topological polar surface area (TPSA) is 203 Å². The molecule has 0 aliphatic heterocycles. The molecule has 0 fully saturated rings. The van der Waals surface area contributed by atoms with Crippen LogP contribution in [-0.4, -0.2) is 74.2 Å². The van der Waals surface area contributed by atoms with E-state index in [1.54, 1.807) is 12.1 Å². The summed E-state index contributed by atoms with van der Waals surface area (Å²) < 4.78 is 0.757. The number of benzene rings is 1. The van der Waals surface area contributed by atoms with Crippen LogP contribution in [0.25, 0.3) is 0 Å². The van der Waals surface area contributed by atoms with E-state index in [2.05, 4.69) is 26.6 Å². The lowest BCUT2D eigenvalue weighted by molar-refractivity contribution is -0.139. The van der Waals surface area contributed by atoms with Gasteiger partial charge in [0.2, 0.25) is 11.8 Å². The van der Waals surface area contributed by atoms with Gasteiger partial charge in [-0.15, -0.1) is 11.8 Å². The number of aliphatic hydroxyl groups excluding tert-OH is 1. The molecule has 14 heteroatoms. The molecule has 1 rings (SSSR count). The Kier molecular flexibility index (Phi) is 11.3. The van der Waals surface area contributed by atoms with Crippen LogP contribution >= 0.6 is 27.7 Å². The lowest BCUT2D eigenvalue weighted by Crippen LogP contribution is -2.50. The number of thioether (sulfide) groups is 1. The van der Waals surface area contributed by atoms with E-state index in [9.17, 15) is 29.5 Å². The molecular formula is C17H23BrN4O8S. The normalized spacial score (nSPS) is 13.5. The van der Waals surface area contributed by atoms with Crippen LogP contribution in [0.2, 0.25) is 0 Å². The number of amides is 2. The molecule has 2 amide bonds. The molecule has 0 radical (unpaired) electrons. The van der Waals surface area contributed by atoms with Crippen LogP contribution in [0.1, 0.15) is 12.8 Å². The lowest BCUT2D eigenvalue weighted by Gasteiger charge is -2.25. The SMILES string of the molecule is NC(CCC(=O)NC(CSC(O)N(O)c1ccc(Br)cc1)C(=O)NCC(=O)O)C(=O)O. The molecule has 0 spiro atoms. The van der Waals surface area contributed by atoms with Gasteiger partial charge in [0.1, 0.15) is 18.6 Å². The van der Waals surface area contributed by atoms with Gasteiger partial charge in [-0.3, -0.25) is 24.4 Å². The minimum absolute atomic E-state index is 0.172. The van der Waals surface area contributed by atoms with Crippen LogP contribution in [0.4, 0.5) is 5.69 Å². The summed E-state index contributed by atoms with van der Waals surface area (Å²) in [6, 6.07) is 3.82. The monoisotopic (exact) mass is 522 g/mol. The molecule has 3 unspecified atom stereocenters. The molecular weight excluding hydrogens is 500 g/mol. The number of carboxylic acids is 2. The van der Waals surface area contributed by atoms with Crippen molar-refractivity contribution in [2.75, 3.05) is 17.4 Å². The highest BCUT2D eigenvalue weighted by molar-refractivity contribution is 9.10. The number of carboxylic acid groups (broad SMARTS) is 2. The first-order valence-electron chi connectivity index (χ1n) is 8.81.